The minimum atomic E-state index is -0.358. The number of hydrogen-bond donors (Lipinski definition) is 3. The SMILES string of the molecule is Cc1cc(C(=N)n2nc(OCc3ccc(C(=O)NC4CCOCC4)cn3)c(C(C)(C)C)cc2=N)no1. The number of nitrogens with one attached hydrogen (secondary N) is 3. The number of aryl methyl sites for hydroxylation is 1. The molecule has 11 nitrogen and oxygen atoms in total. The van der Waals surface area contributed by atoms with Crippen LogP contribution in [0.2, 0.25) is 0 Å². The number of rotatable bonds is 6. The Morgan fingerprint density at radius 1 is 1.25 bits per heavy atom. The topological polar surface area (TPSA) is 152 Å². The lowest BCUT2D eigenvalue weighted by atomic mass is 9.88. The molecule has 0 atom stereocenters. The second-order valence-electron chi connectivity index (χ2n) is 9.77. The quantitative estimate of drug-likeness (QED) is 0.353. The Labute approximate surface area is 208 Å². The van der Waals surface area contributed by atoms with Gasteiger partial charge in [-0.05, 0) is 43.4 Å². The van der Waals surface area contributed by atoms with E-state index in [1.165, 1.54) is 6.20 Å². The van der Waals surface area contributed by atoms with Crippen molar-refractivity contribution in [1.29, 1.82) is 10.8 Å². The first kappa shape index (κ1) is 25.2. The molecule has 0 saturated carbocycles. The third kappa shape index (κ3) is 5.85. The fraction of sp³-hybridized carbons (Fsp3) is 0.440. The number of ether oxygens (including phenoxy) is 2. The molecule has 3 N–H and O–H groups in total. The van der Waals surface area contributed by atoms with Crippen molar-refractivity contribution in [2.45, 2.75) is 58.6 Å². The van der Waals surface area contributed by atoms with Crippen LogP contribution >= 0.6 is 0 Å². The summed E-state index contributed by atoms with van der Waals surface area (Å²) in [6, 6.07) is 6.82. The van der Waals surface area contributed by atoms with Crippen LogP contribution in [0.1, 0.15) is 66.7 Å². The fourth-order valence-corrected chi connectivity index (χ4v) is 3.76. The van der Waals surface area contributed by atoms with Gasteiger partial charge in [0.1, 0.15) is 17.9 Å². The predicted octanol–water partition coefficient (Wildman–Crippen LogP) is 2.71. The third-order valence-corrected chi connectivity index (χ3v) is 5.82. The summed E-state index contributed by atoms with van der Waals surface area (Å²) in [4.78, 5) is 16.9. The molecule has 3 aromatic rings. The minimum absolute atomic E-state index is 0.0240. The van der Waals surface area contributed by atoms with E-state index in [9.17, 15) is 4.79 Å². The van der Waals surface area contributed by atoms with Crippen LogP contribution in [0.4, 0.5) is 0 Å². The minimum Gasteiger partial charge on any atom is -0.470 e. The number of amides is 1. The van der Waals surface area contributed by atoms with E-state index in [2.05, 4.69) is 20.6 Å². The van der Waals surface area contributed by atoms with Crippen molar-refractivity contribution in [3.8, 4) is 5.88 Å². The molecule has 11 heteroatoms. The second kappa shape index (κ2) is 10.4. The van der Waals surface area contributed by atoms with E-state index in [4.69, 9.17) is 24.8 Å². The highest BCUT2D eigenvalue weighted by Gasteiger charge is 2.24. The number of pyridine rings is 1. The molecule has 190 valence electrons. The van der Waals surface area contributed by atoms with E-state index >= 15 is 0 Å². The second-order valence-corrected chi connectivity index (χ2v) is 9.77. The average molecular weight is 494 g/mol. The van der Waals surface area contributed by atoms with E-state index in [0.29, 0.717) is 30.2 Å². The van der Waals surface area contributed by atoms with Gasteiger partial charge in [0.15, 0.2) is 11.5 Å². The summed E-state index contributed by atoms with van der Waals surface area (Å²) in [6.07, 6.45) is 3.14. The molecule has 1 aliphatic heterocycles. The standard InChI is InChI=1S/C25H31N7O4/c1-15-11-20(31-36-15)22(27)32-21(26)12-19(25(2,3)4)24(30-32)35-14-18-6-5-16(13-28-18)23(33)29-17-7-9-34-10-8-17/h5-6,11-13,17,26-27H,7-10,14H2,1-4H3,(H,29,33). The van der Waals surface area contributed by atoms with Crippen LogP contribution < -0.4 is 15.5 Å². The van der Waals surface area contributed by atoms with Crippen molar-refractivity contribution in [2.75, 3.05) is 13.2 Å². The Hall–Kier alpha value is -3.86. The van der Waals surface area contributed by atoms with E-state index in [0.717, 1.165) is 23.1 Å². The summed E-state index contributed by atoms with van der Waals surface area (Å²) in [5.74, 6) is 0.583. The first-order chi connectivity index (χ1) is 17.1. The molecule has 1 saturated heterocycles. The zero-order valence-corrected chi connectivity index (χ0v) is 20.9. The molecule has 0 spiro atoms. The van der Waals surface area contributed by atoms with Crippen molar-refractivity contribution < 1.29 is 18.8 Å². The van der Waals surface area contributed by atoms with Gasteiger partial charge < -0.3 is 19.3 Å². The highest BCUT2D eigenvalue weighted by atomic mass is 16.5. The maximum atomic E-state index is 12.5. The van der Waals surface area contributed by atoms with Crippen LogP contribution in [0.25, 0.3) is 0 Å². The summed E-state index contributed by atoms with van der Waals surface area (Å²) in [5, 5.41) is 28.2. The smallest absolute Gasteiger partial charge is 0.253 e. The lowest BCUT2D eigenvalue weighted by Crippen LogP contribution is -2.38. The number of carbonyl (C=O) groups excluding carboxylic acids is 1. The van der Waals surface area contributed by atoms with Crippen LogP contribution in [-0.2, 0) is 16.8 Å². The summed E-state index contributed by atoms with van der Waals surface area (Å²) >= 11 is 0. The molecule has 4 heterocycles. The molecule has 0 aliphatic carbocycles. The Morgan fingerprint density at radius 3 is 2.61 bits per heavy atom. The van der Waals surface area contributed by atoms with Gasteiger partial charge in [-0.25, -0.2) is 0 Å². The molecule has 0 aromatic carbocycles. The molecule has 1 amide bonds. The first-order valence-electron chi connectivity index (χ1n) is 11.8. The van der Waals surface area contributed by atoms with Crippen molar-refractivity contribution in [1.82, 2.24) is 25.2 Å². The Balaban J connectivity index is 1.51. The largest absolute Gasteiger partial charge is 0.470 e. The summed E-state index contributed by atoms with van der Waals surface area (Å²) in [5.41, 5.74) is 1.75. The van der Waals surface area contributed by atoms with Gasteiger partial charge in [-0.15, -0.1) is 5.10 Å². The molecule has 1 fully saturated rings. The Bertz CT molecular complexity index is 1300. The van der Waals surface area contributed by atoms with Gasteiger partial charge in [0, 0.05) is 37.1 Å². The Kier molecular flexibility index (Phi) is 7.30. The van der Waals surface area contributed by atoms with Gasteiger partial charge >= 0.3 is 0 Å². The van der Waals surface area contributed by atoms with Gasteiger partial charge in [0.05, 0.1) is 11.3 Å². The highest BCUT2D eigenvalue weighted by Crippen LogP contribution is 2.28. The number of nitrogens with zero attached hydrogens (tertiary/aromatic N) is 4. The van der Waals surface area contributed by atoms with Crippen LogP contribution in [0.5, 0.6) is 5.88 Å². The number of hydrogen-bond acceptors (Lipinski definition) is 9. The van der Waals surface area contributed by atoms with E-state index in [1.807, 2.05) is 20.8 Å². The van der Waals surface area contributed by atoms with Crippen LogP contribution in [0.3, 0.4) is 0 Å². The molecule has 0 bridgehead atoms. The van der Waals surface area contributed by atoms with Crippen molar-refractivity contribution in [2.24, 2.45) is 0 Å². The molecule has 36 heavy (non-hydrogen) atoms. The van der Waals surface area contributed by atoms with Gasteiger partial charge in [-0.1, -0.05) is 25.9 Å². The predicted molar refractivity (Wildman–Crippen MR) is 130 cm³/mol. The maximum absolute atomic E-state index is 12.5. The summed E-state index contributed by atoms with van der Waals surface area (Å²) in [6.45, 7) is 9.14. The summed E-state index contributed by atoms with van der Waals surface area (Å²) in [7, 11) is 0. The lowest BCUT2D eigenvalue weighted by Gasteiger charge is -2.23. The molecule has 0 radical (unpaired) electrons. The van der Waals surface area contributed by atoms with Gasteiger partial charge in [0.25, 0.3) is 5.91 Å². The zero-order chi connectivity index (χ0) is 25.9. The number of aromatic nitrogens is 4. The van der Waals surface area contributed by atoms with Crippen LogP contribution in [-0.4, -0.2) is 50.9 Å². The molecule has 0 unspecified atom stereocenters. The molecule has 3 aromatic heterocycles. The van der Waals surface area contributed by atoms with Gasteiger partial charge in [0.2, 0.25) is 5.88 Å². The van der Waals surface area contributed by atoms with Crippen molar-refractivity contribution in [3.63, 3.8) is 0 Å². The maximum Gasteiger partial charge on any atom is 0.253 e. The van der Waals surface area contributed by atoms with Crippen LogP contribution in [0.15, 0.2) is 35.0 Å². The van der Waals surface area contributed by atoms with Crippen molar-refractivity contribution >= 4 is 11.7 Å². The first-order valence-corrected chi connectivity index (χ1v) is 11.8. The van der Waals surface area contributed by atoms with E-state index in [1.54, 1.807) is 31.2 Å². The van der Waals surface area contributed by atoms with Gasteiger partial charge in [-0.3, -0.25) is 20.6 Å². The van der Waals surface area contributed by atoms with E-state index < -0.39 is 0 Å². The molecule has 1 aliphatic rings. The third-order valence-electron chi connectivity index (χ3n) is 5.82. The lowest BCUT2D eigenvalue weighted by molar-refractivity contribution is 0.0696. The Morgan fingerprint density at radius 2 is 2.00 bits per heavy atom. The fourth-order valence-electron chi connectivity index (χ4n) is 3.76. The highest BCUT2D eigenvalue weighted by molar-refractivity contribution is 5.95. The molecular weight excluding hydrogens is 462 g/mol. The normalized spacial score (nSPS) is 14.4. The van der Waals surface area contributed by atoms with Crippen molar-refractivity contribution in [3.05, 3.63) is 64.2 Å². The van der Waals surface area contributed by atoms with E-state index in [-0.39, 0.29) is 46.9 Å². The van der Waals surface area contributed by atoms with Crippen LogP contribution in [0, 0.1) is 17.7 Å². The monoisotopic (exact) mass is 493 g/mol. The number of carbonyl (C=O) groups is 1. The zero-order valence-electron chi connectivity index (χ0n) is 20.9. The molecule has 4 rings (SSSR count). The molecular formula is C25H31N7O4. The van der Waals surface area contributed by atoms with Gasteiger partial charge in [-0.2, -0.15) is 4.68 Å². The summed E-state index contributed by atoms with van der Waals surface area (Å²) < 4.78 is 17.6. The average Bonchev–Trinajstić information content (AvgIpc) is 3.29.